The SMILES string of the molecule is CCN(C(=O)c1cccc(S(=O)(=O)Nc2ccccc2F)c1)c1ccccc1. The number of rotatable bonds is 6. The van der Waals surface area contributed by atoms with Gasteiger partial charge in [0.25, 0.3) is 15.9 Å². The van der Waals surface area contributed by atoms with E-state index in [1.54, 1.807) is 11.0 Å². The lowest BCUT2D eigenvalue weighted by Gasteiger charge is -2.21. The van der Waals surface area contributed by atoms with Crippen LogP contribution < -0.4 is 9.62 Å². The number of nitrogens with one attached hydrogen (secondary N) is 1. The van der Waals surface area contributed by atoms with Crippen LogP contribution in [0.15, 0.2) is 83.8 Å². The van der Waals surface area contributed by atoms with Crippen LogP contribution >= 0.6 is 0 Å². The first-order valence-electron chi connectivity index (χ1n) is 8.66. The first-order valence-corrected chi connectivity index (χ1v) is 10.1. The van der Waals surface area contributed by atoms with E-state index >= 15 is 0 Å². The van der Waals surface area contributed by atoms with Crippen LogP contribution in [0.3, 0.4) is 0 Å². The lowest BCUT2D eigenvalue weighted by Crippen LogP contribution is -2.30. The summed E-state index contributed by atoms with van der Waals surface area (Å²) in [6.45, 7) is 2.26. The molecular formula is C21H19FN2O3S. The van der Waals surface area contributed by atoms with E-state index in [0.717, 1.165) is 6.07 Å². The molecule has 0 fully saturated rings. The van der Waals surface area contributed by atoms with E-state index in [1.165, 1.54) is 36.4 Å². The Balaban J connectivity index is 1.91. The topological polar surface area (TPSA) is 66.5 Å². The third kappa shape index (κ3) is 4.20. The quantitative estimate of drug-likeness (QED) is 0.673. The average Bonchev–Trinajstić information content (AvgIpc) is 2.71. The van der Waals surface area contributed by atoms with Gasteiger partial charge in [-0.25, -0.2) is 12.8 Å². The maximum atomic E-state index is 13.8. The third-order valence-electron chi connectivity index (χ3n) is 4.14. The van der Waals surface area contributed by atoms with E-state index in [-0.39, 0.29) is 22.1 Å². The molecule has 0 saturated carbocycles. The molecule has 28 heavy (non-hydrogen) atoms. The van der Waals surface area contributed by atoms with E-state index in [1.807, 2.05) is 37.3 Å². The van der Waals surface area contributed by atoms with Crippen molar-refractivity contribution in [1.29, 1.82) is 0 Å². The number of sulfonamides is 1. The van der Waals surface area contributed by atoms with E-state index < -0.39 is 15.8 Å². The van der Waals surface area contributed by atoms with E-state index in [4.69, 9.17) is 0 Å². The summed E-state index contributed by atoms with van der Waals surface area (Å²) in [6, 6.07) is 20.3. The molecule has 0 saturated heterocycles. The molecule has 1 N–H and O–H groups in total. The zero-order chi connectivity index (χ0) is 20.1. The van der Waals surface area contributed by atoms with Crippen molar-refractivity contribution in [1.82, 2.24) is 0 Å². The van der Waals surface area contributed by atoms with Crippen LogP contribution in [0, 0.1) is 5.82 Å². The Morgan fingerprint density at radius 1 is 0.964 bits per heavy atom. The van der Waals surface area contributed by atoms with Crippen molar-refractivity contribution in [3.63, 3.8) is 0 Å². The highest BCUT2D eigenvalue weighted by molar-refractivity contribution is 7.92. The fraction of sp³-hybridized carbons (Fsp3) is 0.0952. The minimum Gasteiger partial charge on any atom is -0.309 e. The number of carbonyl (C=O) groups is 1. The van der Waals surface area contributed by atoms with Crippen LogP contribution in [0.5, 0.6) is 0 Å². The summed E-state index contributed by atoms with van der Waals surface area (Å²) in [4.78, 5) is 14.4. The molecule has 144 valence electrons. The molecule has 0 atom stereocenters. The molecule has 0 aromatic heterocycles. The summed E-state index contributed by atoms with van der Waals surface area (Å²) in [5, 5.41) is 0. The molecule has 5 nitrogen and oxygen atoms in total. The van der Waals surface area contributed by atoms with Crippen LogP contribution in [0.2, 0.25) is 0 Å². The molecule has 0 aliphatic heterocycles. The zero-order valence-corrected chi connectivity index (χ0v) is 16.0. The molecule has 0 radical (unpaired) electrons. The molecule has 0 spiro atoms. The van der Waals surface area contributed by atoms with Gasteiger partial charge >= 0.3 is 0 Å². The van der Waals surface area contributed by atoms with Crippen LogP contribution in [0.25, 0.3) is 0 Å². The second-order valence-electron chi connectivity index (χ2n) is 6.00. The number of amides is 1. The van der Waals surface area contributed by atoms with Crippen molar-refractivity contribution < 1.29 is 17.6 Å². The largest absolute Gasteiger partial charge is 0.309 e. The maximum Gasteiger partial charge on any atom is 0.262 e. The predicted molar refractivity (Wildman–Crippen MR) is 107 cm³/mol. The van der Waals surface area contributed by atoms with E-state index in [2.05, 4.69) is 4.72 Å². The van der Waals surface area contributed by atoms with Crippen molar-refractivity contribution in [2.24, 2.45) is 0 Å². The summed E-state index contributed by atoms with van der Waals surface area (Å²) in [5.41, 5.74) is 0.786. The fourth-order valence-corrected chi connectivity index (χ4v) is 3.86. The first-order chi connectivity index (χ1) is 13.4. The standard InChI is InChI=1S/C21H19FN2O3S/c1-2-24(17-10-4-3-5-11-17)21(25)16-9-8-12-18(15-16)28(26,27)23-20-14-7-6-13-19(20)22/h3-15,23H,2H2,1H3. The van der Waals surface area contributed by atoms with Gasteiger partial charge in [0.15, 0.2) is 0 Å². The Kier molecular flexibility index (Phi) is 5.75. The fourth-order valence-electron chi connectivity index (χ4n) is 2.75. The predicted octanol–water partition coefficient (Wildman–Crippen LogP) is 4.29. The van der Waals surface area contributed by atoms with Gasteiger partial charge in [0.2, 0.25) is 0 Å². The highest BCUT2D eigenvalue weighted by Crippen LogP contribution is 2.21. The molecule has 3 aromatic carbocycles. The number of halogens is 1. The van der Waals surface area contributed by atoms with Crippen molar-refractivity contribution in [2.75, 3.05) is 16.2 Å². The second-order valence-corrected chi connectivity index (χ2v) is 7.68. The Morgan fingerprint density at radius 3 is 2.32 bits per heavy atom. The molecule has 7 heteroatoms. The van der Waals surface area contributed by atoms with Crippen LogP contribution in [-0.2, 0) is 10.0 Å². The van der Waals surface area contributed by atoms with Gasteiger partial charge in [0.1, 0.15) is 5.82 Å². The highest BCUT2D eigenvalue weighted by Gasteiger charge is 2.20. The zero-order valence-electron chi connectivity index (χ0n) is 15.2. The molecule has 3 rings (SSSR count). The Morgan fingerprint density at radius 2 is 1.64 bits per heavy atom. The van der Waals surface area contributed by atoms with Gasteiger partial charge in [-0.1, -0.05) is 36.4 Å². The summed E-state index contributed by atoms with van der Waals surface area (Å²) in [5.74, 6) is -1.00. The first kappa shape index (κ1) is 19.6. The molecule has 0 unspecified atom stereocenters. The number of nitrogens with zero attached hydrogens (tertiary/aromatic N) is 1. The second kappa shape index (κ2) is 8.22. The monoisotopic (exact) mass is 398 g/mol. The van der Waals surface area contributed by atoms with Crippen molar-refractivity contribution in [3.8, 4) is 0 Å². The highest BCUT2D eigenvalue weighted by atomic mass is 32.2. The number of benzene rings is 3. The van der Waals surface area contributed by atoms with Crippen molar-refractivity contribution in [3.05, 3.63) is 90.2 Å². The summed E-state index contributed by atoms with van der Waals surface area (Å²) in [7, 11) is -4.05. The number of para-hydroxylation sites is 2. The number of hydrogen-bond donors (Lipinski definition) is 1. The van der Waals surface area contributed by atoms with Gasteiger partial charge < -0.3 is 4.90 Å². The van der Waals surface area contributed by atoms with Gasteiger partial charge in [-0.3, -0.25) is 9.52 Å². The van der Waals surface area contributed by atoms with Crippen LogP contribution in [0.1, 0.15) is 17.3 Å². The van der Waals surface area contributed by atoms with Crippen molar-refractivity contribution >= 4 is 27.3 Å². The minimum absolute atomic E-state index is 0.120. The third-order valence-corrected chi connectivity index (χ3v) is 5.50. The Labute approximate surface area is 163 Å². The normalized spacial score (nSPS) is 11.1. The van der Waals surface area contributed by atoms with E-state index in [0.29, 0.717) is 12.2 Å². The molecule has 0 bridgehead atoms. The lowest BCUT2D eigenvalue weighted by molar-refractivity contribution is 0.0988. The maximum absolute atomic E-state index is 13.8. The molecule has 3 aromatic rings. The number of hydrogen-bond acceptors (Lipinski definition) is 3. The summed E-state index contributed by atoms with van der Waals surface area (Å²) < 4.78 is 41.3. The smallest absolute Gasteiger partial charge is 0.262 e. The van der Waals surface area contributed by atoms with Gasteiger partial charge in [-0.05, 0) is 49.4 Å². The van der Waals surface area contributed by atoms with Crippen molar-refractivity contribution in [2.45, 2.75) is 11.8 Å². The minimum atomic E-state index is -4.05. The molecule has 1 amide bonds. The van der Waals surface area contributed by atoms with Gasteiger partial charge in [-0.15, -0.1) is 0 Å². The lowest BCUT2D eigenvalue weighted by atomic mass is 10.2. The Bertz CT molecular complexity index is 1090. The molecule has 0 aliphatic carbocycles. The summed E-state index contributed by atoms with van der Waals surface area (Å²) in [6.07, 6.45) is 0. The van der Waals surface area contributed by atoms with E-state index in [9.17, 15) is 17.6 Å². The van der Waals surface area contributed by atoms with Crippen LogP contribution in [-0.4, -0.2) is 20.9 Å². The van der Waals surface area contributed by atoms with Crippen LogP contribution in [0.4, 0.5) is 15.8 Å². The van der Waals surface area contributed by atoms with Gasteiger partial charge in [-0.2, -0.15) is 0 Å². The average molecular weight is 398 g/mol. The molecule has 0 aliphatic rings. The number of carbonyl (C=O) groups excluding carboxylic acids is 1. The summed E-state index contributed by atoms with van der Waals surface area (Å²) >= 11 is 0. The Hall–Kier alpha value is -3.19. The number of anilines is 2. The molecular weight excluding hydrogens is 379 g/mol. The molecule has 0 heterocycles. The van der Waals surface area contributed by atoms with Gasteiger partial charge in [0, 0.05) is 17.8 Å². The van der Waals surface area contributed by atoms with Gasteiger partial charge in [0.05, 0.1) is 10.6 Å².